The summed E-state index contributed by atoms with van der Waals surface area (Å²) >= 11 is 0. The smallest absolute Gasteiger partial charge is 0.0254 e. The summed E-state index contributed by atoms with van der Waals surface area (Å²) in [5.74, 6) is 0.930. The van der Waals surface area contributed by atoms with E-state index in [1.807, 2.05) is 0 Å². The third-order valence-corrected chi connectivity index (χ3v) is 5.48. The number of nitrogens with one attached hydrogen (secondary N) is 1. The quantitative estimate of drug-likeness (QED) is 0.749. The molecule has 1 saturated carbocycles. The molecule has 1 aliphatic carbocycles. The average Bonchev–Trinajstić information content (AvgIpc) is 2.44. The van der Waals surface area contributed by atoms with Crippen molar-refractivity contribution >= 4 is 0 Å². The molecule has 1 aliphatic rings. The fourth-order valence-electron chi connectivity index (χ4n) is 3.30. The monoisotopic (exact) mass is 268 g/mol. The molecule has 3 atom stereocenters. The fourth-order valence-corrected chi connectivity index (χ4v) is 3.30. The predicted molar refractivity (Wildman–Crippen MR) is 85.6 cm³/mol. The molecule has 2 nitrogen and oxygen atoms in total. The Morgan fingerprint density at radius 3 is 2.37 bits per heavy atom. The molecule has 0 spiro atoms. The van der Waals surface area contributed by atoms with Crippen LogP contribution in [0, 0.1) is 5.92 Å². The number of rotatable bonds is 7. The van der Waals surface area contributed by atoms with E-state index in [9.17, 15) is 0 Å². The van der Waals surface area contributed by atoms with Crippen LogP contribution in [0.3, 0.4) is 0 Å². The van der Waals surface area contributed by atoms with Crippen LogP contribution in [-0.2, 0) is 0 Å². The molecular weight excluding hydrogens is 232 g/mol. The lowest BCUT2D eigenvalue weighted by Gasteiger charge is -2.48. The maximum atomic E-state index is 3.80. The van der Waals surface area contributed by atoms with Crippen LogP contribution in [0.4, 0.5) is 0 Å². The second-order valence-corrected chi connectivity index (χ2v) is 6.99. The van der Waals surface area contributed by atoms with Gasteiger partial charge >= 0.3 is 0 Å². The van der Waals surface area contributed by atoms with Gasteiger partial charge in [-0.05, 0) is 65.5 Å². The van der Waals surface area contributed by atoms with Crippen LogP contribution in [0.2, 0.25) is 0 Å². The number of nitrogens with zero attached hydrogens (tertiary/aromatic N) is 1. The van der Waals surface area contributed by atoms with Crippen LogP contribution >= 0.6 is 0 Å². The molecule has 0 bridgehead atoms. The van der Waals surface area contributed by atoms with Gasteiger partial charge in [-0.2, -0.15) is 0 Å². The van der Waals surface area contributed by atoms with Crippen molar-refractivity contribution in [2.45, 2.75) is 90.8 Å². The molecule has 1 rings (SSSR count). The summed E-state index contributed by atoms with van der Waals surface area (Å²) in [7, 11) is 2.34. The van der Waals surface area contributed by atoms with Gasteiger partial charge < -0.3 is 5.32 Å². The van der Waals surface area contributed by atoms with E-state index in [1.165, 1.54) is 45.1 Å². The molecule has 114 valence electrons. The number of hydrogen-bond acceptors (Lipinski definition) is 2. The third-order valence-electron chi connectivity index (χ3n) is 5.48. The van der Waals surface area contributed by atoms with Crippen molar-refractivity contribution in [1.29, 1.82) is 0 Å². The van der Waals surface area contributed by atoms with Crippen molar-refractivity contribution in [2.75, 3.05) is 13.6 Å². The molecule has 0 amide bonds. The zero-order valence-electron chi connectivity index (χ0n) is 14.1. The lowest BCUT2D eigenvalue weighted by atomic mass is 9.78. The molecule has 0 aliphatic heterocycles. The highest BCUT2D eigenvalue weighted by atomic mass is 15.2. The third kappa shape index (κ3) is 4.46. The molecule has 0 aromatic rings. The first-order valence-corrected chi connectivity index (χ1v) is 8.42. The minimum Gasteiger partial charge on any atom is -0.312 e. The first-order chi connectivity index (χ1) is 8.96. The lowest BCUT2D eigenvalue weighted by molar-refractivity contribution is 0.0382. The molecule has 1 fully saturated rings. The maximum Gasteiger partial charge on any atom is 0.0254 e. The van der Waals surface area contributed by atoms with Gasteiger partial charge in [0, 0.05) is 17.6 Å². The largest absolute Gasteiger partial charge is 0.312 e. The predicted octanol–water partition coefficient (Wildman–Crippen LogP) is 4.05. The van der Waals surface area contributed by atoms with Crippen LogP contribution in [0.1, 0.15) is 73.1 Å². The first kappa shape index (κ1) is 17.0. The van der Waals surface area contributed by atoms with Gasteiger partial charge in [-0.1, -0.05) is 27.2 Å². The van der Waals surface area contributed by atoms with Gasteiger partial charge in [0.05, 0.1) is 0 Å². The molecule has 2 heteroatoms. The Hall–Kier alpha value is -0.0800. The van der Waals surface area contributed by atoms with Gasteiger partial charge in [0.25, 0.3) is 0 Å². The van der Waals surface area contributed by atoms with Gasteiger partial charge in [0.1, 0.15) is 0 Å². The summed E-state index contributed by atoms with van der Waals surface area (Å²) in [6.07, 6.45) is 7.94. The van der Waals surface area contributed by atoms with E-state index in [0.29, 0.717) is 17.6 Å². The zero-order chi connectivity index (χ0) is 14.5. The van der Waals surface area contributed by atoms with Gasteiger partial charge in [-0.25, -0.2) is 0 Å². The van der Waals surface area contributed by atoms with Crippen LogP contribution in [0.25, 0.3) is 0 Å². The van der Waals surface area contributed by atoms with Gasteiger partial charge in [0.15, 0.2) is 0 Å². The topological polar surface area (TPSA) is 15.3 Å². The van der Waals surface area contributed by atoms with Crippen LogP contribution in [0.15, 0.2) is 0 Å². The molecule has 0 radical (unpaired) electrons. The first-order valence-electron chi connectivity index (χ1n) is 8.42. The van der Waals surface area contributed by atoms with Gasteiger partial charge in [-0.15, -0.1) is 0 Å². The lowest BCUT2D eigenvalue weighted by Crippen LogP contribution is -2.57. The van der Waals surface area contributed by atoms with E-state index in [2.05, 4.69) is 51.9 Å². The summed E-state index contributed by atoms with van der Waals surface area (Å²) in [6.45, 7) is 12.9. The van der Waals surface area contributed by atoms with Crippen molar-refractivity contribution in [3.8, 4) is 0 Å². The molecule has 0 saturated heterocycles. The Balaban J connectivity index is 2.75. The minimum atomic E-state index is 0.312. The summed E-state index contributed by atoms with van der Waals surface area (Å²) in [5, 5.41) is 3.80. The van der Waals surface area contributed by atoms with Crippen molar-refractivity contribution in [3.63, 3.8) is 0 Å². The highest BCUT2D eigenvalue weighted by molar-refractivity contribution is 4.94. The minimum absolute atomic E-state index is 0.312. The standard InChI is InChI=1S/C17H36N2/c1-7-12-18-15-11-10-14(8-2)13-16(15)19(6)17(4,5)9-3/h14-16,18H,7-13H2,1-6H3. The maximum absolute atomic E-state index is 3.80. The molecular formula is C17H36N2. The molecule has 0 aromatic heterocycles. The SMILES string of the molecule is CCCNC1CCC(CC)CC1N(C)C(C)(C)CC. The van der Waals surface area contributed by atoms with Crippen LogP contribution < -0.4 is 5.32 Å². The molecule has 0 heterocycles. The fraction of sp³-hybridized carbons (Fsp3) is 1.00. The summed E-state index contributed by atoms with van der Waals surface area (Å²) < 4.78 is 0. The highest BCUT2D eigenvalue weighted by Crippen LogP contribution is 2.33. The summed E-state index contributed by atoms with van der Waals surface area (Å²) in [6, 6.07) is 1.40. The van der Waals surface area contributed by atoms with E-state index in [1.54, 1.807) is 0 Å². The van der Waals surface area contributed by atoms with E-state index in [4.69, 9.17) is 0 Å². The number of hydrogen-bond donors (Lipinski definition) is 1. The van der Waals surface area contributed by atoms with Crippen molar-refractivity contribution in [3.05, 3.63) is 0 Å². The normalized spacial score (nSPS) is 28.9. The van der Waals surface area contributed by atoms with Crippen LogP contribution in [-0.4, -0.2) is 36.1 Å². The van der Waals surface area contributed by atoms with Crippen LogP contribution in [0.5, 0.6) is 0 Å². The second-order valence-electron chi connectivity index (χ2n) is 6.99. The Kier molecular flexibility index (Phi) is 6.82. The molecule has 3 unspecified atom stereocenters. The van der Waals surface area contributed by atoms with Crippen molar-refractivity contribution in [1.82, 2.24) is 10.2 Å². The second kappa shape index (κ2) is 7.64. The summed E-state index contributed by atoms with van der Waals surface area (Å²) in [4.78, 5) is 2.65. The Morgan fingerprint density at radius 1 is 1.16 bits per heavy atom. The summed E-state index contributed by atoms with van der Waals surface area (Å²) in [5.41, 5.74) is 0.312. The molecule has 0 aromatic carbocycles. The van der Waals surface area contributed by atoms with E-state index < -0.39 is 0 Å². The Bertz CT molecular complexity index is 250. The van der Waals surface area contributed by atoms with Crippen molar-refractivity contribution in [2.24, 2.45) is 5.92 Å². The highest BCUT2D eigenvalue weighted by Gasteiger charge is 2.36. The number of likely N-dealkylation sites (N-methyl/N-ethyl adjacent to an activating group) is 1. The Labute approximate surface area is 121 Å². The van der Waals surface area contributed by atoms with Gasteiger partial charge in [0.2, 0.25) is 0 Å². The molecule has 19 heavy (non-hydrogen) atoms. The zero-order valence-corrected chi connectivity index (χ0v) is 14.1. The van der Waals surface area contributed by atoms with E-state index >= 15 is 0 Å². The molecule has 1 N–H and O–H groups in total. The van der Waals surface area contributed by atoms with E-state index in [0.717, 1.165) is 5.92 Å². The Morgan fingerprint density at radius 2 is 1.84 bits per heavy atom. The van der Waals surface area contributed by atoms with Gasteiger partial charge in [-0.3, -0.25) is 4.90 Å². The van der Waals surface area contributed by atoms with E-state index in [-0.39, 0.29) is 0 Å². The average molecular weight is 268 g/mol. The van der Waals surface area contributed by atoms with Crippen molar-refractivity contribution < 1.29 is 0 Å².